The molecule has 1 heterocycles. The predicted octanol–water partition coefficient (Wildman–Crippen LogP) is 4.04. The van der Waals surface area contributed by atoms with Crippen molar-refractivity contribution in [3.05, 3.63) is 16.6 Å². The first-order chi connectivity index (χ1) is 8.15. The minimum atomic E-state index is -0.113. The molecular formula is C14H20N2S. The summed E-state index contributed by atoms with van der Waals surface area (Å²) in [6.07, 6.45) is 7.36. The first-order valence-electron chi connectivity index (χ1n) is 6.44. The standard InChI is InChI=1S/C14H20N2S/c1-11(2)12-3-5-14(9-15,6-4-12)7-13-8-16-10-17-13/h8,10-12H,3-7H2,1-2H3. The summed E-state index contributed by atoms with van der Waals surface area (Å²) in [6, 6.07) is 2.59. The molecular weight excluding hydrogens is 228 g/mol. The van der Waals surface area contributed by atoms with Gasteiger partial charge in [0, 0.05) is 17.5 Å². The van der Waals surface area contributed by atoms with E-state index in [0.29, 0.717) is 0 Å². The summed E-state index contributed by atoms with van der Waals surface area (Å²) >= 11 is 1.68. The van der Waals surface area contributed by atoms with E-state index in [2.05, 4.69) is 24.9 Å². The Balaban J connectivity index is 2.01. The summed E-state index contributed by atoms with van der Waals surface area (Å²) in [7, 11) is 0. The smallest absolute Gasteiger partial charge is 0.0794 e. The summed E-state index contributed by atoms with van der Waals surface area (Å²) in [5, 5.41) is 9.50. The lowest BCUT2D eigenvalue weighted by Crippen LogP contribution is -2.29. The van der Waals surface area contributed by atoms with Crippen molar-refractivity contribution in [3.8, 4) is 6.07 Å². The molecule has 1 aliphatic carbocycles. The molecule has 1 aromatic heterocycles. The largest absolute Gasteiger partial charge is 0.253 e. The fourth-order valence-electron chi connectivity index (χ4n) is 2.85. The molecule has 2 rings (SSSR count). The van der Waals surface area contributed by atoms with E-state index in [4.69, 9.17) is 0 Å². The molecule has 0 aliphatic heterocycles. The van der Waals surface area contributed by atoms with Crippen LogP contribution < -0.4 is 0 Å². The van der Waals surface area contributed by atoms with Crippen LogP contribution in [0, 0.1) is 28.6 Å². The van der Waals surface area contributed by atoms with E-state index in [1.54, 1.807) is 11.3 Å². The molecule has 3 heteroatoms. The third-order valence-corrected chi connectivity index (χ3v) is 4.94. The quantitative estimate of drug-likeness (QED) is 0.809. The maximum absolute atomic E-state index is 9.50. The Morgan fingerprint density at radius 2 is 2.24 bits per heavy atom. The molecule has 0 unspecified atom stereocenters. The van der Waals surface area contributed by atoms with Gasteiger partial charge in [0.15, 0.2) is 0 Å². The van der Waals surface area contributed by atoms with Crippen LogP contribution in [-0.4, -0.2) is 4.98 Å². The van der Waals surface area contributed by atoms with Crippen LogP contribution in [0.2, 0.25) is 0 Å². The highest BCUT2D eigenvalue weighted by Crippen LogP contribution is 2.43. The third kappa shape index (κ3) is 2.87. The van der Waals surface area contributed by atoms with Crippen molar-refractivity contribution in [2.45, 2.75) is 46.0 Å². The Morgan fingerprint density at radius 1 is 1.53 bits per heavy atom. The van der Waals surface area contributed by atoms with Gasteiger partial charge in [0.25, 0.3) is 0 Å². The van der Waals surface area contributed by atoms with Crippen molar-refractivity contribution in [1.29, 1.82) is 5.26 Å². The van der Waals surface area contributed by atoms with E-state index >= 15 is 0 Å². The van der Waals surface area contributed by atoms with E-state index in [1.807, 2.05) is 11.7 Å². The molecule has 0 bridgehead atoms. The zero-order valence-corrected chi connectivity index (χ0v) is 11.5. The van der Waals surface area contributed by atoms with Crippen LogP contribution in [0.25, 0.3) is 0 Å². The Labute approximate surface area is 108 Å². The number of nitriles is 1. The number of hydrogen-bond acceptors (Lipinski definition) is 3. The lowest BCUT2D eigenvalue weighted by Gasteiger charge is -2.36. The second-order valence-corrected chi connectivity index (χ2v) is 6.59. The maximum Gasteiger partial charge on any atom is 0.0794 e. The molecule has 0 spiro atoms. The highest BCUT2D eigenvalue weighted by atomic mass is 32.1. The molecule has 0 atom stereocenters. The van der Waals surface area contributed by atoms with E-state index in [-0.39, 0.29) is 5.41 Å². The molecule has 1 aromatic rings. The van der Waals surface area contributed by atoms with Gasteiger partial charge in [-0.1, -0.05) is 13.8 Å². The average Bonchev–Trinajstić information content (AvgIpc) is 2.82. The van der Waals surface area contributed by atoms with Gasteiger partial charge >= 0.3 is 0 Å². The number of aromatic nitrogens is 1. The SMILES string of the molecule is CC(C)C1CCC(C#N)(Cc2cncs2)CC1. The summed E-state index contributed by atoms with van der Waals surface area (Å²) in [5.74, 6) is 1.58. The molecule has 0 aromatic carbocycles. The van der Waals surface area contributed by atoms with E-state index < -0.39 is 0 Å². The van der Waals surface area contributed by atoms with Crippen molar-refractivity contribution >= 4 is 11.3 Å². The fraction of sp³-hybridized carbons (Fsp3) is 0.714. The van der Waals surface area contributed by atoms with Crippen LogP contribution in [-0.2, 0) is 6.42 Å². The lowest BCUT2D eigenvalue weighted by molar-refractivity contribution is 0.175. The zero-order valence-electron chi connectivity index (χ0n) is 10.6. The second-order valence-electron chi connectivity index (χ2n) is 5.62. The minimum Gasteiger partial charge on any atom is -0.253 e. The van der Waals surface area contributed by atoms with Gasteiger partial charge in [0.05, 0.1) is 17.0 Å². The van der Waals surface area contributed by atoms with Crippen molar-refractivity contribution < 1.29 is 0 Å². The van der Waals surface area contributed by atoms with Crippen LogP contribution in [0.15, 0.2) is 11.7 Å². The van der Waals surface area contributed by atoms with Gasteiger partial charge in [-0.3, -0.25) is 4.98 Å². The maximum atomic E-state index is 9.50. The van der Waals surface area contributed by atoms with E-state index in [1.165, 1.54) is 17.7 Å². The third-order valence-electron chi connectivity index (χ3n) is 4.16. The van der Waals surface area contributed by atoms with Crippen molar-refractivity contribution in [2.75, 3.05) is 0 Å². The Morgan fingerprint density at radius 3 is 2.71 bits per heavy atom. The van der Waals surface area contributed by atoms with Crippen LogP contribution in [0.1, 0.15) is 44.4 Å². The normalized spacial score (nSPS) is 29.2. The van der Waals surface area contributed by atoms with Crippen LogP contribution in [0.5, 0.6) is 0 Å². The highest BCUT2D eigenvalue weighted by molar-refractivity contribution is 7.09. The van der Waals surface area contributed by atoms with Gasteiger partial charge in [-0.05, 0) is 37.5 Å². The molecule has 1 saturated carbocycles. The highest BCUT2D eigenvalue weighted by Gasteiger charge is 2.36. The molecule has 0 N–H and O–H groups in total. The van der Waals surface area contributed by atoms with E-state index in [9.17, 15) is 5.26 Å². The Bertz CT molecular complexity index is 381. The summed E-state index contributed by atoms with van der Waals surface area (Å²) in [5.41, 5.74) is 1.75. The summed E-state index contributed by atoms with van der Waals surface area (Å²) < 4.78 is 0. The van der Waals surface area contributed by atoms with Crippen LogP contribution >= 0.6 is 11.3 Å². The van der Waals surface area contributed by atoms with E-state index in [0.717, 1.165) is 31.1 Å². The topological polar surface area (TPSA) is 36.7 Å². The molecule has 0 saturated heterocycles. The first-order valence-corrected chi connectivity index (χ1v) is 7.32. The fourth-order valence-corrected chi connectivity index (χ4v) is 3.59. The van der Waals surface area contributed by atoms with Gasteiger partial charge < -0.3 is 0 Å². The molecule has 1 aliphatic rings. The molecule has 92 valence electrons. The minimum absolute atomic E-state index is 0.113. The van der Waals surface area contributed by atoms with Gasteiger partial charge in [-0.2, -0.15) is 5.26 Å². The molecule has 0 amide bonds. The number of nitrogens with zero attached hydrogens (tertiary/aromatic N) is 2. The average molecular weight is 248 g/mol. The predicted molar refractivity (Wildman–Crippen MR) is 70.7 cm³/mol. The van der Waals surface area contributed by atoms with Gasteiger partial charge in [0.2, 0.25) is 0 Å². The van der Waals surface area contributed by atoms with Gasteiger partial charge in [-0.15, -0.1) is 11.3 Å². The summed E-state index contributed by atoms with van der Waals surface area (Å²) in [6.45, 7) is 4.60. The molecule has 0 radical (unpaired) electrons. The monoisotopic (exact) mass is 248 g/mol. The number of thiazole rings is 1. The molecule has 2 nitrogen and oxygen atoms in total. The van der Waals surface area contributed by atoms with Crippen LogP contribution in [0.3, 0.4) is 0 Å². The summed E-state index contributed by atoms with van der Waals surface area (Å²) in [4.78, 5) is 5.36. The second kappa shape index (κ2) is 5.18. The number of hydrogen-bond donors (Lipinski definition) is 0. The first kappa shape index (κ1) is 12.6. The van der Waals surface area contributed by atoms with Crippen molar-refractivity contribution in [1.82, 2.24) is 4.98 Å². The van der Waals surface area contributed by atoms with Gasteiger partial charge in [0.1, 0.15) is 0 Å². The van der Waals surface area contributed by atoms with Crippen LogP contribution in [0.4, 0.5) is 0 Å². The Hall–Kier alpha value is -0.880. The lowest BCUT2D eigenvalue weighted by atomic mass is 9.67. The van der Waals surface area contributed by atoms with Gasteiger partial charge in [-0.25, -0.2) is 0 Å². The van der Waals surface area contributed by atoms with Crippen molar-refractivity contribution in [3.63, 3.8) is 0 Å². The number of rotatable bonds is 3. The molecule has 17 heavy (non-hydrogen) atoms. The molecule has 1 fully saturated rings. The Kier molecular flexibility index (Phi) is 3.83. The van der Waals surface area contributed by atoms with Crippen molar-refractivity contribution in [2.24, 2.45) is 17.3 Å². The zero-order chi connectivity index (χ0) is 12.3.